The Labute approximate surface area is 258 Å². The molecule has 0 aromatic heterocycles. The zero-order chi connectivity index (χ0) is 30.3. The Morgan fingerprint density at radius 1 is 0.929 bits per heavy atom. The lowest BCUT2D eigenvalue weighted by atomic mass is 9.94. The highest BCUT2D eigenvalue weighted by Gasteiger charge is 2.34. The van der Waals surface area contributed by atoms with Gasteiger partial charge in [-0.2, -0.15) is 0 Å². The first-order chi connectivity index (χ1) is 20.0. The van der Waals surface area contributed by atoms with Gasteiger partial charge in [0.05, 0.1) is 11.9 Å². The number of carbonyl (C=O) groups is 2. The number of aryl methyl sites for hydroxylation is 2. The Bertz CT molecular complexity index is 1470. The van der Waals surface area contributed by atoms with Crippen LogP contribution in [0.3, 0.4) is 0 Å². The number of nitrogens with zero attached hydrogens (tertiary/aromatic N) is 2. The van der Waals surface area contributed by atoms with Crippen molar-refractivity contribution in [2.75, 3.05) is 17.1 Å². The van der Waals surface area contributed by atoms with Gasteiger partial charge in [0.1, 0.15) is 12.6 Å². The molecule has 7 nitrogen and oxygen atoms in total. The fourth-order valence-electron chi connectivity index (χ4n) is 5.47. The number of hydrogen-bond donors (Lipinski definition) is 1. The fraction of sp³-hybridized carbons (Fsp3) is 0.394. The van der Waals surface area contributed by atoms with Gasteiger partial charge in [-0.3, -0.25) is 13.9 Å². The van der Waals surface area contributed by atoms with Gasteiger partial charge in [-0.05, 0) is 67.1 Å². The summed E-state index contributed by atoms with van der Waals surface area (Å²) in [6.45, 7) is 3.46. The Morgan fingerprint density at radius 2 is 1.60 bits per heavy atom. The van der Waals surface area contributed by atoms with Crippen LogP contribution in [0.1, 0.15) is 54.4 Å². The van der Waals surface area contributed by atoms with E-state index in [9.17, 15) is 18.0 Å². The molecule has 3 aromatic rings. The van der Waals surface area contributed by atoms with Gasteiger partial charge in [-0.25, -0.2) is 8.42 Å². The molecular weight excluding hydrogens is 614 g/mol. The number of anilines is 1. The fourth-order valence-corrected chi connectivity index (χ4v) is 6.63. The summed E-state index contributed by atoms with van der Waals surface area (Å²) in [6.07, 6.45) is 6.54. The summed E-state index contributed by atoms with van der Waals surface area (Å²) in [6, 6.07) is 22.0. The summed E-state index contributed by atoms with van der Waals surface area (Å²) in [5, 5.41) is 3.23. The average molecular weight is 655 g/mol. The summed E-state index contributed by atoms with van der Waals surface area (Å²) in [5.74, 6) is -0.655. The highest BCUT2D eigenvalue weighted by atomic mass is 79.9. The molecule has 0 radical (unpaired) electrons. The summed E-state index contributed by atoms with van der Waals surface area (Å²) < 4.78 is 28.2. The molecule has 1 aliphatic carbocycles. The third-order valence-corrected chi connectivity index (χ3v) is 9.46. The van der Waals surface area contributed by atoms with Gasteiger partial charge < -0.3 is 10.2 Å². The molecule has 4 rings (SSSR count). The van der Waals surface area contributed by atoms with Crippen molar-refractivity contribution in [1.82, 2.24) is 10.2 Å². The second-order valence-electron chi connectivity index (χ2n) is 11.3. The second kappa shape index (κ2) is 14.3. The lowest BCUT2D eigenvalue weighted by Gasteiger charge is -2.35. The Hall–Kier alpha value is -3.17. The van der Waals surface area contributed by atoms with E-state index in [1.807, 2.05) is 80.6 Å². The zero-order valence-corrected chi connectivity index (χ0v) is 27.0. The van der Waals surface area contributed by atoms with Crippen LogP contribution in [-0.2, 0) is 32.6 Å². The number of benzene rings is 3. The third-order valence-electron chi connectivity index (χ3n) is 7.80. The van der Waals surface area contributed by atoms with Crippen LogP contribution >= 0.6 is 15.9 Å². The minimum atomic E-state index is -3.81. The molecule has 3 aromatic carbocycles. The highest BCUT2D eigenvalue weighted by molar-refractivity contribution is 9.10. The van der Waals surface area contributed by atoms with Crippen LogP contribution in [0.25, 0.3) is 0 Å². The first-order valence-electron chi connectivity index (χ1n) is 14.4. The number of amides is 2. The molecule has 0 spiro atoms. The van der Waals surface area contributed by atoms with Gasteiger partial charge in [-0.15, -0.1) is 0 Å². The number of hydrogen-bond acceptors (Lipinski definition) is 4. The topological polar surface area (TPSA) is 86.8 Å². The van der Waals surface area contributed by atoms with Crippen molar-refractivity contribution in [2.45, 2.75) is 71.0 Å². The molecule has 0 heterocycles. The first-order valence-corrected chi connectivity index (χ1v) is 17.1. The minimum Gasteiger partial charge on any atom is -0.352 e. The Balaban J connectivity index is 1.73. The third kappa shape index (κ3) is 8.67. The molecule has 224 valence electrons. The molecule has 1 N–H and O–H groups in total. The van der Waals surface area contributed by atoms with E-state index in [-0.39, 0.29) is 18.5 Å². The van der Waals surface area contributed by atoms with Crippen LogP contribution in [0.5, 0.6) is 0 Å². The molecule has 2 amide bonds. The van der Waals surface area contributed by atoms with Crippen molar-refractivity contribution in [2.24, 2.45) is 0 Å². The van der Waals surface area contributed by atoms with Gasteiger partial charge in [0.25, 0.3) is 0 Å². The summed E-state index contributed by atoms with van der Waals surface area (Å²) in [5.41, 5.74) is 3.85. The van der Waals surface area contributed by atoms with E-state index in [1.165, 1.54) is 0 Å². The summed E-state index contributed by atoms with van der Waals surface area (Å²) >= 11 is 3.47. The first kappa shape index (κ1) is 31.8. The average Bonchev–Trinajstić information content (AvgIpc) is 2.96. The molecule has 1 saturated carbocycles. The van der Waals surface area contributed by atoms with Crippen molar-refractivity contribution >= 4 is 43.5 Å². The monoisotopic (exact) mass is 653 g/mol. The van der Waals surface area contributed by atoms with Crippen molar-refractivity contribution in [3.63, 3.8) is 0 Å². The normalized spacial score (nSPS) is 14.7. The van der Waals surface area contributed by atoms with E-state index in [1.54, 1.807) is 11.0 Å². The van der Waals surface area contributed by atoms with Crippen molar-refractivity contribution in [3.05, 3.63) is 99.5 Å². The summed E-state index contributed by atoms with van der Waals surface area (Å²) in [4.78, 5) is 29.9. The molecular formula is C33H40BrN3O4S. The Kier molecular flexibility index (Phi) is 10.8. The zero-order valence-electron chi connectivity index (χ0n) is 24.6. The van der Waals surface area contributed by atoms with E-state index in [2.05, 4.69) is 21.2 Å². The SMILES string of the molecule is Cc1ccc(C)c(N(CC(=O)N(Cc2ccc(Br)cc2)[C@@H](Cc2ccccc2)C(=O)NC2CCCCC2)S(C)(=O)=O)c1. The van der Waals surface area contributed by atoms with E-state index in [4.69, 9.17) is 0 Å². The van der Waals surface area contributed by atoms with Gasteiger partial charge in [0, 0.05) is 23.5 Å². The van der Waals surface area contributed by atoms with Crippen molar-refractivity contribution in [3.8, 4) is 0 Å². The van der Waals surface area contributed by atoms with Crippen LogP contribution < -0.4 is 9.62 Å². The molecule has 0 aliphatic heterocycles. The van der Waals surface area contributed by atoms with E-state index < -0.39 is 28.5 Å². The standard InChI is InChI=1S/C33H40BrN3O4S/c1-24-14-15-25(2)30(20-24)37(42(3,40)41)23-32(38)36(22-27-16-18-28(34)19-17-27)31(21-26-10-6-4-7-11-26)33(39)35-29-12-8-5-9-13-29/h4,6-7,10-11,14-20,29,31H,5,8-9,12-13,21-23H2,1-3H3,(H,35,39)/t31-/m0/s1. The maximum atomic E-state index is 14.3. The highest BCUT2D eigenvalue weighted by Crippen LogP contribution is 2.26. The van der Waals surface area contributed by atoms with Crippen LogP contribution in [-0.4, -0.2) is 50.0 Å². The number of halogens is 1. The quantitative estimate of drug-likeness (QED) is 0.278. The van der Waals surface area contributed by atoms with Crippen molar-refractivity contribution in [1.29, 1.82) is 0 Å². The number of carbonyl (C=O) groups excluding carboxylic acids is 2. The number of sulfonamides is 1. The van der Waals surface area contributed by atoms with E-state index in [0.29, 0.717) is 12.1 Å². The van der Waals surface area contributed by atoms with Gasteiger partial charge in [0.15, 0.2) is 0 Å². The summed E-state index contributed by atoms with van der Waals surface area (Å²) in [7, 11) is -3.81. The maximum absolute atomic E-state index is 14.3. The minimum absolute atomic E-state index is 0.0663. The lowest BCUT2D eigenvalue weighted by Crippen LogP contribution is -2.55. The number of nitrogens with one attached hydrogen (secondary N) is 1. The smallest absolute Gasteiger partial charge is 0.244 e. The van der Waals surface area contributed by atoms with E-state index in [0.717, 1.165) is 69.4 Å². The van der Waals surface area contributed by atoms with Crippen LogP contribution in [0, 0.1) is 13.8 Å². The van der Waals surface area contributed by atoms with E-state index >= 15 is 0 Å². The molecule has 9 heteroatoms. The maximum Gasteiger partial charge on any atom is 0.244 e. The lowest BCUT2D eigenvalue weighted by molar-refractivity contribution is -0.140. The molecule has 1 aliphatic rings. The molecule has 1 fully saturated rings. The van der Waals surface area contributed by atoms with Crippen molar-refractivity contribution < 1.29 is 18.0 Å². The van der Waals surface area contributed by atoms with Crippen LogP contribution in [0.15, 0.2) is 77.3 Å². The Morgan fingerprint density at radius 3 is 2.24 bits per heavy atom. The van der Waals surface area contributed by atoms with Gasteiger partial charge in [-0.1, -0.05) is 89.8 Å². The predicted molar refractivity (Wildman–Crippen MR) is 172 cm³/mol. The van der Waals surface area contributed by atoms with Gasteiger partial charge >= 0.3 is 0 Å². The second-order valence-corrected chi connectivity index (χ2v) is 14.1. The predicted octanol–water partition coefficient (Wildman–Crippen LogP) is 5.92. The molecule has 1 atom stereocenters. The van der Waals surface area contributed by atoms with Crippen LogP contribution in [0.4, 0.5) is 5.69 Å². The molecule has 42 heavy (non-hydrogen) atoms. The molecule has 0 bridgehead atoms. The number of rotatable bonds is 11. The molecule has 0 unspecified atom stereocenters. The van der Waals surface area contributed by atoms with Gasteiger partial charge in [0.2, 0.25) is 21.8 Å². The van der Waals surface area contributed by atoms with Crippen LogP contribution in [0.2, 0.25) is 0 Å². The molecule has 0 saturated heterocycles. The largest absolute Gasteiger partial charge is 0.352 e.